The molecule has 0 aromatic heterocycles. The Hall–Kier alpha value is -1.22. The molecule has 1 aliphatic rings. The van der Waals surface area contributed by atoms with Crippen LogP contribution in [0.1, 0.15) is 19.8 Å². The summed E-state index contributed by atoms with van der Waals surface area (Å²) in [7, 11) is 1.92. The number of nitrogens with zero attached hydrogens (tertiary/aromatic N) is 1. The van der Waals surface area contributed by atoms with Crippen molar-refractivity contribution in [2.24, 2.45) is 5.92 Å². The van der Waals surface area contributed by atoms with E-state index in [0.717, 1.165) is 30.4 Å². The average Bonchev–Trinajstić information content (AvgIpc) is 2.39. The molecule has 3 nitrogen and oxygen atoms in total. The van der Waals surface area contributed by atoms with Crippen LogP contribution < -0.4 is 10.1 Å². The summed E-state index contributed by atoms with van der Waals surface area (Å²) < 4.78 is 5.78. The molecule has 17 heavy (non-hydrogen) atoms. The molecule has 0 aliphatic carbocycles. The Kier molecular flexibility index (Phi) is 4.26. The molecule has 0 saturated carbocycles. The minimum atomic E-state index is 0.714. The Labute approximate surface area is 104 Å². The van der Waals surface area contributed by atoms with Gasteiger partial charge in [-0.05, 0) is 43.0 Å². The Morgan fingerprint density at radius 1 is 1.24 bits per heavy atom. The van der Waals surface area contributed by atoms with Crippen molar-refractivity contribution in [3.8, 4) is 5.75 Å². The number of hydrogen-bond donors (Lipinski definition) is 1. The highest BCUT2D eigenvalue weighted by Crippen LogP contribution is 2.18. The van der Waals surface area contributed by atoms with Crippen molar-refractivity contribution in [2.75, 3.05) is 32.2 Å². The fourth-order valence-electron chi connectivity index (χ4n) is 2.07. The molecule has 1 aromatic rings. The maximum atomic E-state index is 5.78. The highest BCUT2D eigenvalue weighted by molar-refractivity contribution is 5.45. The van der Waals surface area contributed by atoms with Crippen LogP contribution in [0.2, 0.25) is 0 Å². The summed E-state index contributed by atoms with van der Waals surface area (Å²) in [6, 6.07) is 8.10. The molecule has 0 amide bonds. The molecule has 1 fully saturated rings. The first-order valence-electron chi connectivity index (χ1n) is 6.41. The number of rotatable bonds is 4. The molecule has 1 aromatic carbocycles. The Balaban J connectivity index is 1.77. The molecule has 1 heterocycles. The Bertz CT molecular complexity index is 329. The van der Waals surface area contributed by atoms with E-state index in [1.807, 2.05) is 31.3 Å². The van der Waals surface area contributed by atoms with Crippen LogP contribution in [0, 0.1) is 5.92 Å². The number of anilines is 1. The van der Waals surface area contributed by atoms with Crippen molar-refractivity contribution in [1.82, 2.24) is 4.90 Å². The van der Waals surface area contributed by atoms with Gasteiger partial charge in [0.25, 0.3) is 0 Å². The molecule has 2 rings (SSSR count). The van der Waals surface area contributed by atoms with E-state index in [-0.39, 0.29) is 0 Å². The fourth-order valence-corrected chi connectivity index (χ4v) is 2.07. The summed E-state index contributed by atoms with van der Waals surface area (Å²) in [5, 5.41) is 3.10. The van der Waals surface area contributed by atoms with Crippen molar-refractivity contribution in [3.63, 3.8) is 0 Å². The molecule has 0 bridgehead atoms. The van der Waals surface area contributed by atoms with Crippen molar-refractivity contribution in [1.29, 1.82) is 0 Å². The number of piperidine rings is 1. The Morgan fingerprint density at radius 3 is 2.47 bits per heavy atom. The number of ether oxygens (including phenoxy) is 1. The fraction of sp³-hybridized carbons (Fsp3) is 0.571. The van der Waals surface area contributed by atoms with Crippen LogP contribution in [0.15, 0.2) is 24.3 Å². The molecule has 94 valence electrons. The average molecular weight is 234 g/mol. The van der Waals surface area contributed by atoms with E-state index in [1.54, 1.807) is 0 Å². The van der Waals surface area contributed by atoms with Gasteiger partial charge in [0.1, 0.15) is 12.5 Å². The zero-order chi connectivity index (χ0) is 12.1. The summed E-state index contributed by atoms with van der Waals surface area (Å²) in [6.07, 6.45) is 2.59. The molecule has 0 atom stereocenters. The zero-order valence-electron chi connectivity index (χ0n) is 10.8. The molecule has 0 unspecified atom stereocenters. The number of nitrogens with one attached hydrogen (secondary N) is 1. The number of likely N-dealkylation sites (tertiary alicyclic amines) is 1. The topological polar surface area (TPSA) is 24.5 Å². The van der Waals surface area contributed by atoms with Crippen molar-refractivity contribution < 1.29 is 4.74 Å². The third kappa shape index (κ3) is 3.63. The molecule has 3 heteroatoms. The van der Waals surface area contributed by atoms with Crippen LogP contribution in [0.3, 0.4) is 0 Å². The lowest BCUT2D eigenvalue weighted by Gasteiger charge is -2.29. The van der Waals surface area contributed by atoms with Crippen molar-refractivity contribution >= 4 is 5.69 Å². The van der Waals surface area contributed by atoms with Gasteiger partial charge < -0.3 is 10.1 Å². The molecule has 1 N–H and O–H groups in total. The maximum Gasteiger partial charge on any atom is 0.142 e. The largest absolute Gasteiger partial charge is 0.478 e. The summed E-state index contributed by atoms with van der Waals surface area (Å²) in [4.78, 5) is 2.38. The number of benzene rings is 1. The highest BCUT2D eigenvalue weighted by Gasteiger charge is 2.15. The highest BCUT2D eigenvalue weighted by atomic mass is 16.5. The van der Waals surface area contributed by atoms with Crippen LogP contribution in [0.4, 0.5) is 5.69 Å². The van der Waals surface area contributed by atoms with Gasteiger partial charge in [0, 0.05) is 25.8 Å². The van der Waals surface area contributed by atoms with Gasteiger partial charge >= 0.3 is 0 Å². The van der Waals surface area contributed by atoms with Crippen LogP contribution in [-0.4, -0.2) is 31.8 Å². The normalized spacial score (nSPS) is 18.0. The smallest absolute Gasteiger partial charge is 0.142 e. The van der Waals surface area contributed by atoms with E-state index in [1.165, 1.54) is 12.8 Å². The second kappa shape index (κ2) is 5.92. The van der Waals surface area contributed by atoms with Crippen LogP contribution in [0.5, 0.6) is 5.75 Å². The molecule has 1 saturated heterocycles. The first kappa shape index (κ1) is 12.2. The standard InChI is InChI=1S/C14H22N2O/c1-12-7-9-16(10-8-12)11-17-14-5-3-13(15-2)4-6-14/h3-6,12,15H,7-11H2,1-2H3. The molecular weight excluding hydrogens is 212 g/mol. The Morgan fingerprint density at radius 2 is 1.88 bits per heavy atom. The summed E-state index contributed by atoms with van der Waals surface area (Å²) >= 11 is 0. The minimum Gasteiger partial charge on any atom is -0.478 e. The summed E-state index contributed by atoms with van der Waals surface area (Å²) in [6.45, 7) is 5.37. The van der Waals surface area contributed by atoms with E-state index < -0.39 is 0 Å². The summed E-state index contributed by atoms with van der Waals surface area (Å²) in [5.41, 5.74) is 1.11. The summed E-state index contributed by atoms with van der Waals surface area (Å²) in [5.74, 6) is 1.82. The molecule has 0 spiro atoms. The van der Waals surface area contributed by atoms with Gasteiger partial charge in [0.05, 0.1) is 0 Å². The van der Waals surface area contributed by atoms with Crippen LogP contribution >= 0.6 is 0 Å². The maximum absolute atomic E-state index is 5.78. The predicted octanol–water partition coefficient (Wildman–Crippen LogP) is 2.80. The number of hydrogen-bond acceptors (Lipinski definition) is 3. The van der Waals surface area contributed by atoms with Gasteiger partial charge in [0.15, 0.2) is 0 Å². The van der Waals surface area contributed by atoms with Gasteiger partial charge in [0.2, 0.25) is 0 Å². The van der Waals surface area contributed by atoms with Gasteiger partial charge in [-0.1, -0.05) is 6.92 Å². The van der Waals surface area contributed by atoms with E-state index >= 15 is 0 Å². The first-order valence-corrected chi connectivity index (χ1v) is 6.41. The second-order valence-corrected chi connectivity index (χ2v) is 4.85. The first-order chi connectivity index (χ1) is 8.28. The second-order valence-electron chi connectivity index (χ2n) is 4.85. The van der Waals surface area contributed by atoms with E-state index in [4.69, 9.17) is 4.74 Å². The van der Waals surface area contributed by atoms with Gasteiger partial charge in [-0.2, -0.15) is 0 Å². The van der Waals surface area contributed by atoms with Crippen LogP contribution in [-0.2, 0) is 0 Å². The molecule has 1 aliphatic heterocycles. The lowest BCUT2D eigenvalue weighted by atomic mass is 10.00. The van der Waals surface area contributed by atoms with E-state index in [2.05, 4.69) is 17.1 Å². The van der Waals surface area contributed by atoms with E-state index in [0.29, 0.717) is 6.73 Å². The third-order valence-corrected chi connectivity index (χ3v) is 3.43. The predicted molar refractivity (Wildman–Crippen MR) is 71.5 cm³/mol. The molecular formula is C14H22N2O. The van der Waals surface area contributed by atoms with Gasteiger partial charge in [-0.3, -0.25) is 4.90 Å². The van der Waals surface area contributed by atoms with Gasteiger partial charge in [-0.25, -0.2) is 0 Å². The van der Waals surface area contributed by atoms with Gasteiger partial charge in [-0.15, -0.1) is 0 Å². The zero-order valence-corrected chi connectivity index (χ0v) is 10.8. The lowest BCUT2D eigenvalue weighted by molar-refractivity contribution is 0.0914. The van der Waals surface area contributed by atoms with Crippen molar-refractivity contribution in [3.05, 3.63) is 24.3 Å². The van der Waals surface area contributed by atoms with Crippen molar-refractivity contribution in [2.45, 2.75) is 19.8 Å². The molecule has 0 radical (unpaired) electrons. The lowest BCUT2D eigenvalue weighted by Crippen LogP contribution is -2.35. The monoisotopic (exact) mass is 234 g/mol. The van der Waals surface area contributed by atoms with E-state index in [9.17, 15) is 0 Å². The minimum absolute atomic E-state index is 0.714. The van der Waals surface area contributed by atoms with Crippen LogP contribution in [0.25, 0.3) is 0 Å². The quantitative estimate of drug-likeness (QED) is 0.867. The third-order valence-electron chi connectivity index (χ3n) is 3.43. The SMILES string of the molecule is CNc1ccc(OCN2CCC(C)CC2)cc1.